The number of carbonyl (C=O) groups excluding carboxylic acids is 2. The molecule has 0 aromatic heterocycles. The van der Waals surface area contributed by atoms with Gasteiger partial charge in [-0.2, -0.15) is 4.58 Å². The molecule has 0 unspecified atom stereocenters. The Morgan fingerprint density at radius 2 is 1.71 bits per heavy atom. The summed E-state index contributed by atoms with van der Waals surface area (Å²) < 4.78 is 13.5. The van der Waals surface area contributed by atoms with Gasteiger partial charge in [-0.25, -0.2) is 0 Å². The number of hydrogen-bond donors (Lipinski definition) is 0. The number of Topliss-reactive ketones (excluding diaryl/α,β-unsaturated/α-hetero) is 1. The molecule has 0 heterocycles. The number of ether oxygens (including phenoxy) is 2. The molecule has 0 atom stereocenters. The molecule has 2 aromatic rings. The van der Waals surface area contributed by atoms with Crippen LogP contribution in [0.3, 0.4) is 0 Å². The van der Waals surface area contributed by atoms with Crippen LogP contribution in [0.15, 0.2) is 41.6 Å². The van der Waals surface area contributed by atoms with E-state index < -0.39 is 5.97 Å². The molecule has 0 aliphatic carbocycles. The van der Waals surface area contributed by atoms with Gasteiger partial charge in [0.05, 0.1) is 12.2 Å². The van der Waals surface area contributed by atoms with E-state index in [1.54, 1.807) is 6.07 Å². The number of fused-ring (bicyclic) bond motifs is 1. The Morgan fingerprint density at radius 1 is 1.06 bits per heavy atom. The van der Waals surface area contributed by atoms with Crippen LogP contribution >= 0.6 is 0 Å². The standard InChI is InChI=1S/C26H34NO4/c1-8-27(19(6)18(4)5)16-24(29)23-15-25(31-20(7)28)21-11-9-10-12-22(21)26(23)30-14-13-17(2)3/h8-12,15,17H,13-14,16H2,1-7H3/q+1/b27-8-. The summed E-state index contributed by atoms with van der Waals surface area (Å²) in [4.78, 5) is 25.1. The average molecular weight is 425 g/mol. The smallest absolute Gasteiger partial charge is 0.308 e. The molecule has 2 rings (SSSR count). The molecule has 0 aliphatic heterocycles. The number of nitrogens with zero attached hydrogens (tertiary/aromatic N) is 1. The fraction of sp³-hybridized carbons (Fsp3) is 0.423. The maximum atomic E-state index is 13.4. The fourth-order valence-corrected chi connectivity index (χ4v) is 3.24. The number of esters is 1. The van der Waals surface area contributed by atoms with Gasteiger partial charge >= 0.3 is 5.97 Å². The first-order valence-corrected chi connectivity index (χ1v) is 10.8. The van der Waals surface area contributed by atoms with Gasteiger partial charge in [-0.3, -0.25) is 9.59 Å². The molecule has 0 saturated carbocycles. The highest BCUT2D eigenvalue weighted by atomic mass is 16.5. The summed E-state index contributed by atoms with van der Waals surface area (Å²) in [5.74, 6) is 0.867. The normalized spacial score (nSPS) is 11.5. The van der Waals surface area contributed by atoms with Gasteiger partial charge in [0.1, 0.15) is 17.7 Å². The van der Waals surface area contributed by atoms with Crippen molar-refractivity contribution in [3.8, 4) is 11.5 Å². The van der Waals surface area contributed by atoms with Crippen LogP contribution in [0.2, 0.25) is 0 Å². The molecule has 0 spiro atoms. The minimum Gasteiger partial charge on any atom is -0.492 e. The topological polar surface area (TPSA) is 55.6 Å². The van der Waals surface area contributed by atoms with Gasteiger partial charge in [0, 0.05) is 31.5 Å². The minimum absolute atomic E-state index is 0.0996. The highest BCUT2D eigenvalue weighted by Gasteiger charge is 2.24. The van der Waals surface area contributed by atoms with E-state index in [9.17, 15) is 9.59 Å². The van der Waals surface area contributed by atoms with E-state index in [4.69, 9.17) is 9.47 Å². The third-order valence-electron chi connectivity index (χ3n) is 5.23. The van der Waals surface area contributed by atoms with Gasteiger partial charge in [0.2, 0.25) is 12.3 Å². The van der Waals surface area contributed by atoms with E-state index in [2.05, 4.69) is 13.8 Å². The van der Waals surface area contributed by atoms with Crippen molar-refractivity contribution in [3.05, 3.63) is 47.2 Å². The lowest BCUT2D eigenvalue weighted by atomic mass is 10.0. The van der Waals surface area contributed by atoms with Crippen LogP contribution in [-0.4, -0.2) is 35.7 Å². The Bertz CT molecular complexity index is 1030. The molecule has 0 saturated heterocycles. The van der Waals surface area contributed by atoms with Crippen molar-refractivity contribution < 1.29 is 23.6 Å². The van der Waals surface area contributed by atoms with Crippen molar-refractivity contribution in [1.82, 2.24) is 0 Å². The van der Waals surface area contributed by atoms with Gasteiger partial charge in [0.15, 0.2) is 5.70 Å². The summed E-state index contributed by atoms with van der Waals surface area (Å²) in [6.07, 6.45) is 2.77. The Labute approximate surface area is 185 Å². The summed E-state index contributed by atoms with van der Waals surface area (Å²) in [7, 11) is 0. The molecule has 166 valence electrons. The molecule has 5 nitrogen and oxygen atoms in total. The number of rotatable bonds is 9. The van der Waals surface area contributed by atoms with Crippen molar-refractivity contribution in [2.45, 2.75) is 54.9 Å². The Morgan fingerprint density at radius 3 is 2.26 bits per heavy atom. The summed E-state index contributed by atoms with van der Waals surface area (Å²) in [6.45, 7) is 14.2. The van der Waals surface area contributed by atoms with E-state index in [0.29, 0.717) is 29.6 Å². The third kappa shape index (κ3) is 6.27. The molecule has 0 fully saturated rings. The molecule has 0 radical (unpaired) electrons. The molecule has 0 N–H and O–H groups in total. The van der Waals surface area contributed by atoms with Crippen molar-refractivity contribution in [2.75, 3.05) is 13.2 Å². The van der Waals surface area contributed by atoms with Crippen LogP contribution in [0.25, 0.3) is 10.8 Å². The summed E-state index contributed by atoms with van der Waals surface area (Å²) >= 11 is 0. The van der Waals surface area contributed by atoms with Crippen LogP contribution in [0.1, 0.15) is 65.2 Å². The minimum atomic E-state index is -0.430. The van der Waals surface area contributed by atoms with Crippen LogP contribution in [0.4, 0.5) is 0 Å². The highest BCUT2D eigenvalue weighted by Crippen LogP contribution is 2.37. The van der Waals surface area contributed by atoms with Crippen molar-refractivity contribution in [1.29, 1.82) is 0 Å². The second kappa shape index (κ2) is 10.9. The number of ketones is 1. The lowest BCUT2D eigenvalue weighted by molar-refractivity contribution is -0.458. The lowest BCUT2D eigenvalue weighted by Gasteiger charge is -2.17. The maximum Gasteiger partial charge on any atom is 0.308 e. The lowest BCUT2D eigenvalue weighted by Crippen LogP contribution is -2.22. The predicted octanol–water partition coefficient (Wildman–Crippen LogP) is 5.79. The van der Waals surface area contributed by atoms with Crippen LogP contribution in [0, 0.1) is 5.92 Å². The molecular weight excluding hydrogens is 390 g/mol. The molecule has 0 bridgehead atoms. The fourth-order valence-electron chi connectivity index (χ4n) is 3.24. The first-order chi connectivity index (χ1) is 14.6. The number of hydrogen-bond acceptors (Lipinski definition) is 4. The van der Waals surface area contributed by atoms with E-state index >= 15 is 0 Å². The largest absolute Gasteiger partial charge is 0.492 e. The number of benzene rings is 2. The zero-order valence-corrected chi connectivity index (χ0v) is 19.7. The maximum absolute atomic E-state index is 13.4. The molecule has 2 aromatic carbocycles. The van der Waals surface area contributed by atoms with E-state index in [-0.39, 0.29) is 12.3 Å². The van der Waals surface area contributed by atoms with E-state index in [1.807, 2.05) is 62.8 Å². The predicted molar refractivity (Wildman–Crippen MR) is 125 cm³/mol. The molecule has 0 amide bonds. The molecule has 31 heavy (non-hydrogen) atoms. The van der Waals surface area contributed by atoms with Crippen LogP contribution in [0.5, 0.6) is 11.5 Å². The summed E-state index contributed by atoms with van der Waals surface area (Å²) in [5.41, 5.74) is 2.59. The van der Waals surface area contributed by atoms with Gasteiger partial charge < -0.3 is 9.47 Å². The SMILES string of the molecule is C/C=[N+](/CC(=O)c1cc(OC(C)=O)c2ccccc2c1OCCC(C)C)C(C)=C(C)C. The van der Waals surface area contributed by atoms with Gasteiger partial charge in [-0.1, -0.05) is 38.1 Å². The first kappa shape index (κ1) is 24.3. The number of carbonyl (C=O) groups is 2. The van der Waals surface area contributed by atoms with Crippen molar-refractivity contribution in [3.63, 3.8) is 0 Å². The highest BCUT2D eigenvalue weighted by molar-refractivity contribution is 6.08. The summed E-state index contributed by atoms with van der Waals surface area (Å²) in [5, 5.41) is 1.51. The van der Waals surface area contributed by atoms with Gasteiger partial charge in [-0.15, -0.1) is 0 Å². The molecule has 0 aliphatic rings. The third-order valence-corrected chi connectivity index (χ3v) is 5.23. The zero-order chi connectivity index (χ0) is 23.1. The quantitative estimate of drug-likeness (QED) is 0.168. The average Bonchev–Trinajstić information content (AvgIpc) is 2.71. The summed E-state index contributed by atoms with van der Waals surface area (Å²) in [6, 6.07) is 9.18. The van der Waals surface area contributed by atoms with Gasteiger partial charge in [0.25, 0.3) is 0 Å². The number of allylic oxidation sites excluding steroid dienone is 2. The Kier molecular flexibility index (Phi) is 8.55. The van der Waals surface area contributed by atoms with Crippen molar-refractivity contribution in [2.24, 2.45) is 5.92 Å². The first-order valence-electron chi connectivity index (χ1n) is 10.8. The monoisotopic (exact) mass is 424 g/mol. The van der Waals surface area contributed by atoms with Gasteiger partial charge in [-0.05, 0) is 37.8 Å². The molecule has 5 heteroatoms. The van der Waals surface area contributed by atoms with Crippen molar-refractivity contribution >= 4 is 28.7 Å². The zero-order valence-electron chi connectivity index (χ0n) is 19.7. The van der Waals surface area contributed by atoms with E-state index in [0.717, 1.165) is 28.5 Å². The molecular formula is C26H34NO4+. The Balaban J connectivity index is 2.61. The van der Waals surface area contributed by atoms with E-state index in [1.165, 1.54) is 6.92 Å². The Hall–Kier alpha value is -2.95. The van der Waals surface area contributed by atoms with Crippen LogP contribution in [-0.2, 0) is 4.79 Å². The van der Waals surface area contributed by atoms with Crippen LogP contribution < -0.4 is 9.47 Å². The second-order valence-electron chi connectivity index (χ2n) is 8.32. The second-order valence-corrected chi connectivity index (χ2v) is 8.32.